The lowest BCUT2D eigenvalue weighted by atomic mass is 9.95. The van der Waals surface area contributed by atoms with Gasteiger partial charge in [-0.15, -0.1) is 0 Å². The molecule has 21 heavy (non-hydrogen) atoms. The van der Waals surface area contributed by atoms with E-state index in [4.69, 9.17) is 4.98 Å². The van der Waals surface area contributed by atoms with Crippen LogP contribution in [0.15, 0.2) is 18.3 Å². The number of likely N-dealkylation sites (tertiary alicyclic amines) is 1. The third-order valence-electron chi connectivity index (χ3n) is 4.99. The topological polar surface area (TPSA) is 19.4 Å². The normalized spacial score (nSPS) is 23.7. The lowest BCUT2D eigenvalue weighted by molar-refractivity contribution is 0.146. The van der Waals surface area contributed by atoms with Crippen LogP contribution in [0, 0.1) is 0 Å². The zero-order valence-corrected chi connectivity index (χ0v) is 13.4. The standard InChI is InChI=1S/C18H29N3/c1-2-3-12-20-13-5-4-10-17(20)16-9-8-11-19-18(16)21-14-6-7-15-21/h8-9,11,17H,2-7,10,12-15H2,1H3/t17-/m1/s1. The summed E-state index contributed by atoms with van der Waals surface area (Å²) in [5, 5.41) is 0. The van der Waals surface area contributed by atoms with Crippen molar-refractivity contribution >= 4 is 5.82 Å². The van der Waals surface area contributed by atoms with Crippen LogP contribution in [0.4, 0.5) is 5.82 Å². The van der Waals surface area contributed by atoms with Crippen LogP contribution >= 0.6 is 0 Å². The van der Waals surface area contributed by atoms with Crippen molar-refractivity contribution in [3.8, 4) is 0 Å². The summed E-state index contributed by atoms with van der Waals surface area (Å²) in [6.45, 7) is 7.17. The van der Waals surface area contributed by atoms with E-state index in [9.17, 15) is 0 Å². The Morgan fingerprint density at radius 3 is 2.76 bits per heavy atom. The quantitative estimate of drug-likeness (QED) is 0.815. The van der Waals surface area contributed by atoms with Crippen molar-refractivity contribution in [1.29, 1.82) is 0 Å². The summed E-state index contributed by atoms with van der Waals surface area (Å²) >= 11 is 0. The minimum atomic E-state index is 0.592. The Morgan fingerprint density at radius 1 is 1.14 bits per heavy atom. The van der Waals surface area contributed by atoms with E-state index in [2.05, 4.69) is 28.9 Å². The highest BCUT2D eigenvalue weighted by molar-refractivity contribution is 5.49. The van der Waals surface area contributed by atoms with Gasteiger partial charge >= 0.3 is 0 Å². The van der Waals surface area contributed by atoms with Crippen LogP contribution in [0.1, 0.15) is 63.5 Å². The van der Waals surface area contributed by atoms with Crippen LogP contribution < -0.4 is 4.90 Å². The molecule has 3 heterocycles. The number of pyridine rings is 1. The number of anilines is 1. The second-order valence-corrected chi connectivity index (χ2v) is 6.51. The molecule has 116 valence electrons. The van der Waals surface area contributed by atoms with Crippen LogP contribution in [0.25, 0.3) is 0 Å². The molecule has 2 aliphatic heterocycles. The van der Waals surface area contributed by atoms with Gasteiger partial charge in [-0.3, -0.25) is 4.90 Å². The molecule has 0 saturated carbocycles. The summed E-state index contributed by atoms with van der Waals surface area (Å²) in [6, 6.07) is 5.05. The number of piperidine rings is 1. The zero-order chi connectivity index (χ0) is 14.5. The summed E-state index contributed by atoms with van der Waals surface area (Å²) in [5.74, 6) is 1.27. The van der Waals surface area contributed by atoms with Crippen LogP contribution in [0.5, 0.6) is 0 Å². The van der Waals surface area contributed by atoms with E-state index in [1.807, 2.05) is 6.20 Å². The molecule has 0 N–H and O–H groups in total. The van der Waals surface area contributed by atoms with Gasteiger partial charge in [-0.25, -0.2) is 4.98 Å². The first kappa shape index (κ1) is 14.8. The van der Waals surface area contributed by atoms with Crippen molar-refractivity contribution in [3.05, 3.63) is 23.9 Å². The van der Waals surface area contributed by atoms with Gasteiger partial charge < -0.3 is 4.90 Å². The molecule has 3 rings (SSSR count). The first-order valence-corrected chi connectivity index (χ1v) is 8.84. The average molecular weight is 287 g/mol. The van der Waals surface area contributed by atoms with Gasteiger partial charge in [0.05, 0.1) is 0 Å². The number of rotatable bonds is 5. The lowest BCUT2D eigenvalue weighted by Gasteiger charge is -2.37. The van der Waals surface area contributed by atoms with Crippen LogP contribution in [0.3, 0.4) is 0 Å². The van der Waals surface area contributed by atoms with Gasteiger partial charge in [-0.05, 0) is 51.3 Å². The predicted molar refractivity (Wildman–Crippen MR) is 88.8 cm³/mol. The van der Waals surface area contributed by atoms with Gasteiger partial charge in [-0.1, -0.05) is 25.8 Å². The van der Waals surface area contributed by atoms with Crippen molar-refractivity contribution < 1.29 is 0 Å². The molecule has 1 aromatic heterocycles. The molecule has 0 aliphatic carbocycles. The molecule has 0 bridgehead atoms. The number of aromatic nitrogens is 1. The Bertz CT molecular complexity index is 440. The van der Waals surface area contributed by atoms with E-state index in [0.717, 1.165) is 0 Å². The molecule has 2 saturated heterocycles. The second kappa shape index (κ2) is 7.26. The summed E-state index contributed by atoms with van der Waals surface area (Å²) in [5.41, 5.74) is 1.48. The molecular formula is C18H29N3. The molecule has 3 nitrogen and oxygen atoms in total. The molecule has 0 unspecified atom stereocenters. The minimum absolute atomic E-state index is 0.592. The SMILES string of the molecule is CCCCN1CCCC[C@@H]1c1cccnc1N1CCCC1. The van der Waals surface area contributed by atoms with Gasteiger partial charge in [-0.2, -0.15) is 0 Å². The van der Waals surface area contributed by atoms with Gasteiger partial charge in [0.2, 0.25) is 0 Å². The molecule has 3 heteroatoms. The molecule has 1 aromatic rings. The second-order valence-electron chi connectivity index (χ2n) is 6.51. The molecule has 0 aromatic carbocycles. The van der Waals surface area contributed by atoms with Gasteiger partial charge in [0.15, 0.2) is 0 Å². The van der Waals surface area contributed by atoms with Crippen LogP contribution in [-0.4, -0.2) is 36.1 Å². The average Bonchev–Trinajstić information content (AvgIpc) is 3.07. The Hall–Kier alpha value is -1.09. The summed E-state index contributed by atoms with van der Waals surface area (Å²) in [4.78, 5) is 9.96. The lowest BCUT2D eigenvalue weighted by Crippen LogP contribution is -2.35. The highest BCUT2D eigenvalue weighted by Crippen LogP contribution is 2.36. The zero-order valence-electron chi connectivity index (χ0n) is 13.4. The Morgan fingerprint density at radius 2 is 1.95 bits per heavy atom. The van der Waals surface area contributed by atoms with E-state index >= 15 is 0 Å². The summed E-state index contributed by atoms with van der Waals surface area (Å²) < 4.78 is 0. The molecule has 0 amide bonds. The molecule has 0 spiro atoms. The highest BCUT2D eigenvalue weighted by atomic mass is 15.2. The third-order valence-corrected chi connectivity index (χ3v) is 4.99. The molecule has 1 atom stereocenters. The van der Waals surface area contributed by atoms with Crippen molar-refractivity contribution in [3.63, 3.8) is 0 Å². The minimum Gasteiger partial charge on any atom is -0.356 e. The smallest absolute Gasteiger partial charge is 0.133 e. The highest BCUT2D eigenvalue weighted by Gasteiger charge is 2.28. The number of hydrogen-bond donors (Lipinski definition) is 0. The molecule has 0 radical (unpaired) electrons. The fourth-order valence-corrected chi connectivity index (χ4v) is 3.83. The number of nitrogens with zero attached hydrogens (tertiary/aromatic N) is 3. The van der Waals surface area contributed by atoms with Gasteiger partial charge in [0, 0.05) is 30.9 Å². The maximum atomic E-state index is 4.75. The maximum absolute atomic E-state index is 4.75. The largest absolute Gasteiger partial charge is 0.356 e. The Labute approximate surface area is 129 Å². The van der Waals surface area contributed by atoms with Crippen molar-refractivity contribution in [1.82, 2.24) is 9.88 Å². The van der Waals surface area contributed by atoms with E-state index in [1.54, 1.807) is 0 Å². The van der Waals surface area contributed by atoms with E-state index in [1.165, 1.54) is 82.5 Å². The Kier molecular flexibility index (Phi) is 5.13. The summed E-state index contributed by atoms with van der Waals surface area (Å²) in [6.07, 6.45) is 11.2. The fourth-order valence-electron chi connectivity index (χ4n) is 3.83. The fraction of sp³-hybridized carbons (Fsp3) is 0.722. The maximum Gasteiger partial charge on any atom is 0.133 e. The van der Waals surface area contributed by atoms with Crippen LogP contribution in [-0.2, 0) is 0 Å². The van der Waals surface area contributed by atoms with Crippen molar-refractivity contribution in [2.45, 2.75) is 57.9 Å². The van der Waals surface area contributed by atoms with Gasteiger partial charge in [0.1, 0.15) is 5.82 Å². The first-order valence-electron chi connectivity index (χ1n) is 8.84. The van der Waals surface area contributed by atoms with Gasteiger partial charge in [0.25, 0.3) is 0 Å². The van der Waals surface area contributed by atoms with Crippen molar-refractivity contribution in [2.75, 3.05) is 31.1 Å². The molecule has 2 aliphatic rings. The van der Waals surface area contributed by atoms with Crippen molar-refractivity contribution in [2.24, 2.45) is 0 Å². The van der Waals surface area contributed by atoms with E-state index in [0.29, 0.717) is 6.04 Å². The van der Waals surface area contributed by atoms with E-state index < -0.39 is 0 Å². The van der Waals surface area contributed by atoms with Crippen LogP contribution in [0.2, 0.25) is 0 Å². The van der Waals surface area contributed by atoms with E-state index in [-0.39, 0.29) is 0 Å². The predicted octanol–water partition coefficient (Wildman–Crippen LogP) is 4.01. The number of hydrogen-bond acceptors (Lipinski definition) is 3. The first-order chi connectivity index (χ1) is 10.4. The third kappa shape index (κ3) is 3.39. The molecule has 2 fully saturated rings. The molecular weight excluding hydrogens is 258 g/mol. The Balaban J connectivity index is 1.83. The number of unbranched alkanes of at least 4 members (excludes halogenated alkanes) is 1. The monoisotopic (exact) mass is 287 g/mol. The summed E-state index contributed by atoms with van der Waals surface area (Å²) in [7, 11) is 0.